The van der Waals surface area contributed by atoms with Crippen molar-refractivity contribution >= 4 is 11.6 Å². The Labute approximate surface area is 99.6 Å². The molecule has 1 aliphatic rings. The lowest BCUT2D eigenvalue weighted by Crippen LogP contribution is -2.03. The molecule has 2 atom stereocenters. The Hall–Kier alpha value is -0.630. The number of benzene rings is 1. The molecule has 0 amide bonds. The lowest BCUT2D eigenvalue weighted by atomic mass is 10.00. The van der Waals surface area contributed by atoms with E-state index >= 15 is 0 Å². The van der Waals surface area contributed by atoms with Crippen molar-refractivity contribution < 1.29 is 8.78 Å². The minimum atomic E-state index is -0.536. The summed E-state index contributed by atoms with van der Waals surface area (Å²) < 4.78 is 26.7. The van der Waals surface area contributed by atoms with E-state index in [1.807, 2.05) is 0 Å². The van der Waals surface area contributed by atoms with E-state index < -0.39 is 11.6 Å². The molecule has 1 aromatic carbocycles. The lowest BCUT2D eigenvalue weighted by Gasteiger charge is -2.13. The van der Waals surface area contributed by atoms with Gasteiger partial charge in [-0.25, -0.2) is 8.78 Å². The average Bonchev–Trinajstić information content (AvgIpc) is 2.80. The molecule has 2 rings (SSSR count). The molecule has 0 heterocycles. The van der Waals surface area contributed by atoms with Crippen LogP contribution in [-0.4, -0.2) is 0 Å². The minimum absolute atomic E-state index is 0.182. The number of rotatable bonds is 2. The molecule has 1 fully saturated rings. The van der Waals surface area contributed by atoms with Gasteiger partial charge in [-0.1, -0.05) is 13.8 Å². The highest BCUT2D eigenvalue weighted by Crippen LogP contribution is 2.60. The molecular weight excluding hydrogens is 230 g/mol. The van der Waals surface area contributed by atoms with Crippen LogP contribution >= 0.6 is 11.6 Å². The standard InChI is InChI=1S/C13H15ClF2/c1-7-4-8(11(16)5-10(7)15)12(14)9-6-13(9,2)3/h4-5,9,12H,6H2,1-3H3. The van der Waals surface area contributed by atoms with E-state index in [-0.39, 0.29) is 16.7 Å². The van der Waals surface area contributed by atoms with Crippen LogP contribution in [-0.2, 0) is 0 Å². The normalized spacial score (nSPS) is 24.2. The van der Waals surface area contributed by atoms with Crippen LogP contribution in [0.25, 0.3) is 0 Å². The van der Waals surface area contributed by atoms with Crippen LogP contribution in [0.1, 0.15) is 36.8 Å². The van der Waals surface area contributed by atoms with Crippen LogP contribution in [0.4, 0.5) is 8.78 Å². The molecule has 0 bridgehead atoms. The van der Waals surface area contributed by atoms with Crippen LogP contribution in [0.3, 0.4) is 0 Å². The van der Waals surface area contributed by atoms with E-state index in [1.165, 1.54) is 6.07 Å². The number of halogens is 3. The fourth-order valence-corrected chi connectivity index (χ4v) is 2.71. The summed E-state index contributed by atoms with van der Waals surface area (Å²) in [5, 5.41) is -0.353. The molecule has 2 unspecified atom stereocenters. The first-order valence-corrected chi connectivity index (χ1v) is 5.86. The lowest BCUT2D eigenvalue weighted by molar-refractivity contribution is 0.522. The van der Waals surface area contributed by atoms with Crippen LogP contribution in [0.15, 0.2) is 12.1 Å². The molecular formula is C13H15ClF2. The fourth-order valence-electron chi connectivity index (χ4n) is 2.12. The summed E-state index contributed by atoms with van der Waals surface area (Å²) in [6.07, 6.45) is 0.997. The molecule has 0 nitrogen and oxygen atoms in total. The summed E-state index contributed by atoms with van der Waals surface area (Å²) in [5.74, 6) is -0.764. The first-order chi connectivity index (χ1) is 7.33. The Morgan fingerprint density at radius 3 is 2.38 bits per heavy atom. The van der Waals surface area contributed by atoms with Gasteiger partial charge >= 0.3 is 0 Å². The quantitative estimate of drug-likeness (QED) is 0.667. The molecule has 0 aliphatic heterocycles. The highest BCUT2D eigenvalue weighted by molar-refractivity contribution is 6.21. The van der Waals surface area contributed by atoms with Crippen LogP contribution in [0.2, 0.25) is 0 Å². The third-order valence-electron chi connectivity index (χ3n) is 3.52. The van der Waals surface area contributed by atoms with Gasteiger partial charge in [0.1, 0.15) is 11.6 Å². The molecule has 1 aromatic rings. The van der Waals surface area contributed by atoms with E-state index in [9.17, 15) is 8.78 Å². The van der Waals surface area contributed by atoms with Gasteiger partial charge in [0.15, 0.2) is 0 Å². The predicted molar refractivity (Wildman–Crippen MR) is 61.6 cm³/mol. The topological polar surface area (TPSA) is 0 Å². The second-order valence-electron chi connectivity index (χ2n) is 5.32. The maximum atomic E-state index is 13.6. The Kier molecular flexibility index (Phi) is 2.73. The van der Waals surface area contributed by atoms with Gasteiger partial charge in [0, 0.05) is 11.6 Å². The van der Waals surface area contributed by atoms with Crippen molar-refractivity contribution in [3.8, 4) is 0 Å². The van der Waals surface area contributed by atoms with E-state index in [1.54, 1.807) is 6.92 Å². The minimum Gasteiger partial charge on any atom is -0.207 e. The Morgan fingerprint density at radius 2 is 1.88 bits per heavy atom. The molecule has 0 aromatic heterocycles. The second kappa shape index (κ2) is 3.69. The zero-order valence-electron chi connectivity index (χ0n) is 9.65. The van der Waals surface area contributed by atoms with Crippen molar-refractivity contribution in [2.45, 2.75) is 32.6 Å². The van der Waals surface area contributed by atoms with Gasteiger partial charge in [0.25, 0.3) is 0 Å². The second-order valence-corrected chi connectivity index (χ2v) is 5.79. The third kappa shape index (κ3) is 1.95. The first kappa shape index (κ1) is 11.8. The van der Waals surface area contributed by atoms with Crippen molar-refractivity contribution in [2.24, 2.45) is 11.3 Å². The third-order valence-corrected chi connectivity index (χ3v) is 4.06. The first-order valence-electron chi connectivity index (χ1n) is 5.42. The summed E-state index contributed by atoms with van der Waals surface area (Å²) in [7, 11) is 0. The van der Waals surface area contributed by atoms with Gasteiger partial charge in [0.2, 0.25) is 0 Å². The molecule has 0 spiro atoms. The summed E-state index contributed by atoms with van der Waals surface area (Å²) in [4.78, 5) is 0. The molecule has 88 valence electrons. The Bertz CT molecular complexity index is 426. The van der Waals surface area contributed by atoms with E-state index in [4.69, 9.17) is 11.6 Å². The van der Waals surface area contributed by atoms with Crippen LogP contribution in [0.5, 0.6) is 0 Å². The van der Waals surface area contributed by atoms with E-state index in [0.717, 1.165) is 12.5 Å². The highest BCUT2D eigenvalue weighted by atomic mass is 35.5. The van der Waals surface area contributed by atoms with E-state index in [0.29, 0.717) is 11.1 Å². The summed E-state index contributed by atoms with van der Waals surface area (Å²) in [6.45, 7) is 5.85. The molecule has 1 saturated carbocycles. The van der Waals surface area contributed by atoms with Gasteiger partial charge in [0.05, 0.1) is 5.38 Å². The van der Waals surface area contributed by atoms with Gasteiger partial charge in [-0.3, -0.25) is 0 Å². The maximum absolute atomic E-state index is 13.6. The zero-order chi connectivity index (χ0) is 12.1. The maximum Gasteiger partial charge on any atom is 0.130 e. The van der Waals surface area contributed by atoms with Crippen molar-refractivity contribution in [1.82, 2.24) is 0 Å². The summed E-state index contributed by atoms with van der Waals surface area (Å²) in [5.41, 5.74) is 1.05. The molecule has 3 heteroatoms. The SMILES string of the molecule is Cc1cc(C(Cl)C2CC2(C)C)c(F)cc1F. The Balaban J connectivity index is 2.31. The van der Waals surface area contributed by atoms with Crippen molar-refractivity contribution in [3.63, 3.8) is 0 Å². The number of hydrogen-bond donors (Lipinski definition) is 0. The molecule has 0 radical (unpaired) electrons. The zero-order valence-corrected chi connectivity index (χ0v) is 10.4. The Morgan fingerprint density at radius 1 is 1.31 bits per heavy atom. The monoisotopic (exact) mass is 244 g/mol. The van der Waals surface area contributed by atoms with Crippen molar-refractivity contribution in [3.05, 3.63) is 34.9 Å². The smallest absolute Gasteiger partial charge is 0.130 e. The number of hydrogen-bond acceptors (Lipinski definition) is 0. The highest BCUT2D eigenvalue weighted by Gasteiger charge is 2.50. The molecule has 0 N–H and O–H groups in total. The average molecular weight is 245 g/mol. The van der Waals surface area contributed by atoms with Crippen LogP contribution in [0, 0.1) is 29.9 Å². The van der Waals surface area contributed by atoms with Crippen LogP contribution < -0.4 is 0 Å². The fraction of sp³-hybridized carbons (Fsp3) is 0.538. The predicted octanol–water partition coefficient (Wildman–Crippen LogP) is 4.60. The van der Waals surface area contributed by atoms with Gasteiger partial charge in [-0.2, -0.15) is 0 Å². The molecule has 0 saturated heterocycles. The van der Waals surface area contributed by atoms with E-state index in [2.05, 4.69) is 13.8 Å². The number of alkyl halides is 1. The van der Waals surface area contributed by atoms with Gasteiger partial charge < -0.3 is 0 Å². The van der Waals surface area contributed by atoms with Gasteiger partial charge in [-0.15, -0.1) is 11.6 Å². The van der Waals surface area contributed by atoms with Crippen molar-refractivity contribution in [1.29, 1.82) is 0 Å². The molecule has 16 heavy (non-hydrogen) atoms. The summed E-state index contributed by atoms with van der Waals surface area (Å²) >= 11 is 6.26. The van der Waals surface area contributed by atoms with Gasteiger partial charge in [-0.05, 0) is 36.3 Å². The number of aryl methyl sites for hydroxylation is 1. The summed E-state index contributed by atoms with van der Waals surface area (Å²) in [6, 6.07) is 2.45. The van der Waals surface area contributed by atoms with Crippen molar-refractivity contribution in [2.75, 3.05) is 0 Å². The largest absolute Gasteiger partial charge is 0.207 e. The molecule has 1 aliphatic carbocycles.